The van der Waals surface area contributed by atoms with E-state index in [4.69, 9.17) is 0 Å². The standard InChI is InChI=1S/C27H48N4O6/c32-25(33)29(22-10-4-1-5-11-22)19-16-28(17-20-30(26(34)35)23-12-6-2-7-13-23)18-21-31(27(36)37)24-14-8-3-9-15-24/h22-24H,1-21H2,(H,32,33)(H,34,35)(H,36,37). The number of hydrogen-bond acceptors (Lipinski definition) is 4. The van der Waals surface area contributed by atoms with E-state index in [1.165, 1.54) is 0 Å². The third kappa shape index (κ3) is 9.23. The number of rotatable bonds is 12. The van der Waals surface area contributed by atoms with Crippen molar-refractivity contribution >= 4 is 18.3 Å². The van der Waals surface area contributed by atoms with Crippen LogP contribution >= 0.6 is 0 Å². The molecule has 3 rings (SSSR count). The predicted octanol–water partition coefficient (Wildman–Crippen LogP) is 5.23. The summed E-state index contributed by atoms with van der Waals surface area (Å²) in [5.74, 6) is 0. The minimum Gasteiger partial charge on any atom is -0.465 e. The molecule has 0 saturated heterocycles. The molecule has 3 amide bonds. The van der Waals surface area contributed by atoms with E-state index in [0.29, 0.717) is 39.3 Å². The van der Waals surface area contributed by atoms with Crippen molar-refractivity contribution in [3.8, 4) is 0 Å². The highest BCUT2D eigenvalue weighted by atomic mass is 16.4. The molecule has 10 nitrogen and oxygen atoms in total. The zero-order valence-electron chi connectivity index (χ0n) is 22.4. The first-order chi connectivity index (χ1) is 17.9. The number of nitrogens with zero attached hydrogens (tertiary/aromatic N) is 4. The van der Waals surface area contributed by atoms with Gasteiger partial charge in [0.1, 0.15) is 0 Å². The predicted molar refractivity (Wildman–Crippen MR) is 141 cm³/mol. The lowest BCUT2D eigenvalue weighted by molar-refractivity contribution is 0.0807. The van der Waals surface area contributed by atoms with Gasteiger partial charge in [-0.15, -0.1) is 0 Å². The number of carboxylic acid groups (broad SMARTS) is 3. The quantitative estimate of drug-likeness (QED) is 0.319. The van der Waals surface area contributed by atoms with Crippen LogP contribution in [-0.4, -0.2) is 111 Å². The highest BCUT2D eigenvalue weighted by molar-refractivity contribution is 5.66. The minimum absolute atomic E-state index is 0.0311. The Morgan fingerprint density at radius 1 is 0.432 bits per heavy atom. The highest BCUT2D eigenvalue weighted by Crippen LogP contribution is 2.25. The molecule has 0 unspecified atom stereocenters. The van der Waals surface area contributed by atoms with Crippen molar-refractivity contribution in [2.45, 2.75) is 114 Å². The van der Waals surface area contributed by atoms with E-state index in [-0.39, 0.29) is 18.1 Å². The molecule has 3 aliphatic rings. The molecule has 3 saturated carbocycles. The molecular weight excluding hydrogens is 476 g/mol. The molecule has 0 spiro atoms. The molecule has 0 aromatic rings. The first-order valence-corrected chi connectivity index (χ1v) is 14.6. The first-order valence-electron chi connectivity index (χ1n) is 14.6. The van der Waals surface area contributed by atoms with Crippen molar-refractivity contribution in [2.75, 3.05) is 39.3 Å². The van der Waals surface area contributed by atoms with Gasteiger partial charge in [-0.3, -0.25) is 4.90 Å². The lowest BCUT2D eigenvalue weighted by Gasteiger charge is -2.37. The fourth-order valence-corrected chi connectivity index (χ4v) is 6.56. The van der Waals surface area contributed by atoms with Crippen LogP contribution in [0.2, 0.25) is 0 Å². The fraction of sp³-hybridized carbons (Fsp3) is 0.889. The minimum atomic E-state index is -0.907. The summed E-state index contributed by atoms with van der Waals surface area (Å²) in [4.78, 5) is 43.0. The number of hydrogen-bond donors (Lipinski definition) is 3. The van der Waals surface area contributed by atoms with Crippen LogP contribution in [0.4, 0.5) is 14.4 Å². The van der Waals surface area contributed by atoms with Crippen LogP contribution in [0.1, 0.15) is 96.3 Å². The molecule has 0 heterocycles. The Labute approximate surface area is 221 Å². The summed E-state index contributed by atoms with van der Waals surface area (Å²) in [6.07, 6.45) is 12.3. The van der Waals surface area contributed by atoms with Crippen molar-refractivity contribution in [3.63, 3.8) is 0 Å². The van der Waals surface area contributed by atoms with Gasteiger partial charge in [0.05, 0.1) is 0 Å². The Balaban J connectivity index is 1.65. The summed E-state index contributed by atoms with van der Waals surface area (Å²) in [5.41, 5.74) is 0. The normalized spacial score (nSPS) is 20.0. The van der Waals surface area contributed by atoms with Crippen molar-refractivity contribution in [2.24, 2.45) is 0 Å². The third-order valence-electron chi connectivity index (χ3n) is 8.75. The van der Waals surface area contributed by atoms with Crippen LogP contribution in [0.3, 0.4) is 0 Å². The van der Waals surface area contributed by atoms with Crippen molar-refractivity contribution in [1.82, 2.24) is 19.6 Å². The van der Waals surface area contributed by atoms with Gasteiger partial charge in [0, 0.05) is 57.4 Å². The van der Waals surface area contributed by atoms with Gasteiger partial charge < -0.3 is 30.0 Å². The van der Waals surface area contributed by atoms with E-state index in [1.54, 1.807) is 14.7 Å². The number of amides is 3. The second kappa shape index (κ2) is 15.2. The van der Waals surface area contributed by atoms with Gasteiger partial charge in [0.2, 0.25) is 0 Å². The van der Waals surface area contributed by atoms with E-state index in [1.807, 2.05) is 0 Å². The number of carbonyl (C=O) groups is 3. The van der Waals surface area contributed by atoms with Crippen LogP contribution in [0.15, 0.2) is 0 Å². The lowest BCUT2D eigenvalue weighted by Crippen LogP contribution is -2.50. The van der Waals surface area contributed by atoms with Crippen LogP contribution in [0.5, 0.6) is 0 Å². The van der Waals surface area contributed by atoms with Crippen LogP contribution in [0, 0.1) is 0 Å². The Morgan fingerprint density at radius 3 is 0.892 bits per heavy atom. The van der Waals surface area contributed by atoms with Crippen LogP contribution in [-0.2, 0) is 0 Å². The molecule has 0 aliphatic heterocycles. The summed E-state index contributed by atoms with van der Waals surface area (Å²) in [5, 5.41) is 29.7. The molecule has 0 bridgehead atoms. The zero-order valence-corrected chi connectivity index (χ0v) is 22.4. The summed E-state index contributed by atoms with van der Waals surface area (Å²) < 4.78 is 0. The molecule has 37 heavy (non-hydrogen) atoms. The van der Waals surface area contributed by atoms with Gasteiger partial charge in [0.25, 0.3) is 0 Å². The zero-order chi connectivity index (χ0) is 26.6. The Kier molecular flexibility index (Phi) is 12.1. The summed E-state index contributed by atoms with van der Waals surface area (Å²) in [7, 11) is 0. The van der Waals surface area contributed by atoms with Crippen molar-refractivity contribution < 1.29 is 29.7 Å². The monoisotopic (exact) mass is 524 g/mol. The topological polar surface area (TPSA) is 125 Å². The molecule has 0 aromatic heterocycles. The molecule has 10 heteroatoms. The second-order valence-electron chi connectivity index (χ2n) is 11.1. The summed E-state index contributed by atoms with van der Waals surface area (Å²) in [6, 6.07) is 0.0934. The average Bonchev–Trinajstić information content (AvgIpc) is 2.90. The molecule has 0 radical (unpaired) electrons. The van der Waals surface area contributed by atoms with Gasteiger partial charge in [-0.2, -0.15) is 0 Å². The van der Waals surface area contributed by atoms with Crippen LogP contribution in [0.25, 0.3) is 0 Å². The molecule has 0 atom stereocenters. The fourth-order valence-electron chi connectivity index (χ4n) is 6.56. The molecule has 3 aliphatic carbocycles. The van der Waals surface area contributed by atoms with Crippen LogP contribution < -0.4 is 0 Å². The smallest absolute Gasteiger partial charge is 0.407 e. The van der Waals surface area contributed by atoms with Gasteiger partial charge in [-0.05, 0) is 38.5 Å². The van der Waals surface area contributed by atoms with Gasteiger partial charge in [0.15, 0.2) is 0 Å². The Hall–Kier alpha value is -2.23. The van der Waals surface area contributed by atoms with Crippen molar-refractivity contribution in [3.05, 3.63) is 0 Å². The molecule has 212 valence electrons. The average molecular weight is 525 g/mol. The maximum atomic E-state index is 12.1. The lowest BCUT2D eigenvalue weighted by atomic mass is 9.94. The van der Waals surface area contributed by atoms with Gasteiger partial charge >= 0.3 is 18.3 Å². The largest absolute Gasteiger partial charge is 0.465 e. The van der Waals surface area contributed by atoms with E-state index >= 15 is 0 Å². The summed E-state index contributed by atoms with van der Waals surface area (Å²) in [6.45, 7) is 2.48. The van der Waals surface area contributed by atoms with Gasteiger partial charge in [-0.25, -0.2) is 14.4 Å². The molecule has 3 fully saturated rings. The third-order valence-corrected chi connectivity index (χ3v) is 8.75. The molecule has 3 N–H and O–H groups in total. The SMILES string of the molecule is O=C(O)N(CCN(CCN(C(=O)O)C1CCCCC1)CCN(C(=O)O)C1CCCCC1)C1CCCCC1. The van der Waals surface area contributed by atoms with E-state index in [0.717, 1.165) is 96.3 Å². The Morgan fingerprint density at radius 2 is 0.676 bits per heavy atom. The molecule has 0 aromatic carbocycles. The van der Waals surface area contributed by atoms with Gasteiger partial charge in [-0.1, -0.05) is 57.8 Å². The van der Waals surface area contributed by atoms with E-state index in [2.05, 4.69) is 4.90 Å². The first kappa shape index (κ1) is 29.3. The maximum absolute atomic E-state index is 12.1. The maximum Gasteiger partial charge on any atom is 0.407 e. The van der Waals surface area contributed by atoms with E-state index < -0.39 is 18.3 Å². The van der Waals surface area contributed by atoms with Crippen molar-refractivity contribution in [1.29, 1.82) is 0 Å². The van der Waals surface area contributed by atoms with E-state index in [9.17, 15) is 29.7 Å². The summed E-state index contributed by atoms with van der Waals surface area (Å²) >= 11 is 0. The second-order valence-corrected chi connectivity index (χ2v) is 11.1. The molecular formula is C27H48N4O6. The highest BCUT2D eigenvalue weighted by Gasteiger charge is 2.29. The Bertz CT molecular complexity index is 625.